The van der Waals surface area contributed by atoms with Crippen molar-refractivity contribution in [2.45, 2.75) is 39.8 Å². The first-order valence-electron chi connectivity index (χ1n) is 9.77. The maximum atomic E-state index is 13.6. The van der Waals surface area contributed by atoms with Crippen molar-refractivity contribution in [3.05, 3.63) is 64.2 Å². The summed E-state index contributed by atoms with van der Waals surface area (Å²) in [5.74, 6) is -0.753. The molecule has 0 saturated heterocycles. The van der Waals surface area contributed by atoms with Crippen LogP contribution < -0.4 is 5.32 Å². The predicted molar refractivity (Wildman–Crippen MR) is 114 cm³/mol. The second-order valence-electron chi connectivity index (χ2n) is 7.39. The smallest absolute Gasteiger partial charge is 0.262 e. The quantitative estimate of drug-likeness (QED) is 0.542. The summed E-state index contributed by atoms with van der Waals surface area (Å²) in [4.78, 5) is 14.5. The molecule has 0 bridgehead atoms. The molecular formula is C23H29FN4O. The minimum absolute atomic E-state index is 0.0542. The molecule has 0 saturated carbocycles. The summed E-state index contributed by atoms with van der Waals surface area (Å²) >= 11 is 0. The fourth-order valence-electron chi connectivity index (χ4n) is 3.44. The molecule has 0 aliphatic heterocycles. The van der Waals surface area contributed by atoms with Crippen LogP contribution in [0.1, 0.15) is 41.9 Å². The van der Waals surface area contributed by atoms with E-state index in [1.165, 1.54) is 12.1 Å². The minimum atomic E-state index is -0.434. The Morgan fingerprint density at radius 3 is 2.66 bits per heavy atom. The second-order valence-corrected chi connectivity index (χ2v) is 7.39. The fourth-order valence-corrected chi connectivity index (χ4v) is 3.44. The number of aryl methyl sites for hydroxylation is 1. The first-order chi connectivity index (χ1) is 13.8. The number of likely N-dealkylation sites (N-methyl/N-ethyl adjacent to an activating group) is 1. The Labute approximate surface area is 172 Å². The lowest BCUT2D eigenvalue weighted by atomic mass is 10.1. The highest BCUT2D eigenvalue weighted by molar-refractivity contribution is 6.01. The molecule has 0 aliphatic carbocycles. The Hall–Kier alpha value is -2.91. The molecule has 29 heavy (non-hydrogen) atoms. The van der Waals surface area contributed by atoms with E-state index in [9.17, 15) is 14.4 Å². The zero-order valence-electron chi connectivity index (χ0n) is 17.8. The molecule has 0 fully saturated rings. The lowest BCUT2D eigenvalue weighted by Gasteiger charge is -2.25. The van der Waals surface area contributed by atoms with Crippen LogP contribution in [-0.4, -0.2) is 36.0 Å². The van der Waals surface area contributed by atoms with Crippen molar-refractivity contribution in [1.82, 2.24) is 14.8 Å². The molecule has 1 amide bonds. The second kappa shape index (κ2) is 10.0. The largest absolute Gasteiger partial charge is 0.349 e. The Morgan fingerprint density at radius 2 is 2.07 bits per heavy atom. The van der Waals surface area contributed by atoms with E-state index in [-0.39, 0.29) is 24.0 Å². The summed E-state index contributed by atoms with van der Waals surface area (Å²) in [5.41, 5.74) is 3.83. The maximum absolute atomic E-state index is 13.6. The molecule has 2 aromatic rings. The van der Waals surface area contributed by atoms with E-state index in [1.54, 1.807) is 12.1 Å². The number of nitrogens with zero attached hydrogens (tertiary/aromatic N) is 3. The number of halogens is 1. The van der Waals surface area contributed by atoms with Crippen molar-refractivity contribution in [2.75, 3.05) is 20.6 Å². The molecule has 1 atom stereocenters. The molecule has 0 spiro atoms. The molecule has 5 nitrogen and oxygen atoms in total. The monoisotopic (exact) mass is 396 g/mol. The van der Waals surface area contributed by atoms with Crippen molar-refractivity contribution < 1.29 is 9.18 Å². The van der Waals surface area contributed by atoms with Crippen LogP contribution in [0.4, 0.5) is 4.39 Å². The lowest BCUT2D eigenvalue weighted by molar-refractivity contribution is -0.117. The summed E-state index contributed by atoms with van der Waals surface area (Å²) in [5, 5.41) is 12.3. The molecule has 1 N–H and O–H groups in total. The average molecular weight is 397 g/mol. The number of carbonyl (C=O) groups excluding carboxylic acids is 1. The van der Waals surface area contributed by atoms with Crippen LogP contribution in [0.25, 0.3) is 6.08 Å². The number of nitrogens with one attached hydrogen (secondary N) is 1. The third-order valence-corrected chi connectivity index (χ3v) is 5.04. The van der Waals surface area contributed by atoms with Gasteiger partial charge in [0.05, 0.1) is 6.04 Å². The van der Waals surface area contributed by atoms with Gasteiger partial charge in [0, 0.05) is 24.5 Å². The van der Waals surface area contributed by atoms with Gasteiger partial charge in [-0.25, -0.2) is 4.39 Å². The Bertz CT molecular complexity index is 937. The van der Waals surface area contributed by atoms with Crippen molar-refractivity contribution in [3.63, 3.8) is 0 Å². The zero-order valence-corrected chi connectivity index (χ0v) is 17.8. The maximum Gasteiger partial charge on any atom is 0.262 e. The molecule has 1 heterocycles. The molecule has 1 aromatic heterocycles. The zero-order chi connectivity index (χ0) is 21.6. The van der Waals surface area contributed by atoms with Gasteiger partial charge in [-0.05, 0) is 69.8 Å². The Morgan fingerprint density at radius 1 is 1.34 bits per heavy atom. The third kappa shape index (κ3) is 5.55. The van der Waals surface area contributed by atoms with E-state index in [0.29, 0.717) is 0 Å². The molecule has 0 radical (unpaired) electrons. The summed E-state index contributed by atoms with van der Waals surface area (Å²) < 4.78 is 15.8. The summed E-state index contributed by atoms with van der Waals surface area (Å²) in [7, 11) is 3.73. The predicted octanol–water partition coefficient (Wildman–Crippen LogP) is 3.98. The number of hydrogen-bond acceptors (Lipinski definition) is 3. The van der Waals surface area contributed by atoms with Crippen LogP contribution in [0.5, 0.6) is 0 Å². The molecule has 2 rings (SSSR count). The summed E-state index contributed by atoms with van der Waals surface area (Å²) in [6.07, 6.45) is 2.65. The lowest BCUT2D eigenvalue weighted by Crippen LogP contribution is -2.35. The van der Waals surface area contributed by atoms with E-state index < -0.39 is 5.91 Å². The minimum Gasteiger partial charge on any atom is -0.349 e. The van der Waals surface area contributed by atoms with Gasteiger partial charge in [-0.2, -0.15) is 5.26 Å². The van der Waals surface area contributed by atoms with Crippen LogP contribution in [-0.2, 0) is 11.3 Å². The van der Waals surface area contributed by atoms with Gasteiger partial charge in [0.1, 0.15) is 17.5 Å². The molecule has 1 unspecified atom stereocenters. The highest BCUT2D eigenvalue weighted by Gasteiger charge is 2.18. The van der Waals surface area contributed by atoms with E-state index >= 15 is 0 Å². The molecule has 1 aromatic carbocycles. The number of benzene rings is 1. The first kappa shape index (κ1) is 22.4. The summed E-state index contributed by atoms with van der Waals surface area (Å²) in [6.45, 7) is 7.30. The van der Waals surface area contributed by atoms with E-state index in [2.05, 4.69) is 16.8 Å². The van der Waals surface area contributed by atoms with Crippen molar-refractivity contribution >= 4 is 12.0 Å². The normalized spacial score (nSPS) is 12.7. The molecule has 6 heteroatoms. The number of nitriles is 1. The van der Waals surface area contributed by atoms with E-state index in [0.717, 1.165) is 35.5 Å². The van der Waals surface area contributed by atoms with Crippen LogP contribution in [0.2, 0.25) is 0 Å². The van der Waals surface area contributed by atoms with Gasteiger partial charge in [0.25, 0.3) is 5.91 Å². The SMILES string of the molecule is CCCn1c(C)cc(/C=C(/C#N)C(=O)NCC(c2cccc(F)c2)N(C)C)c1C. The highest BCUT2D eigenvalue weighted by Crippen LogP contribution is 2.20. The van der Waals surface area contributed by atoms with Gasteiger partial charge in [0.15, 0.2) is 0 Å². The fraction of sp³-hybridized carbons (Fsp3) is 0.391. The van der Waals surface area contributed by atoms with Crippen LogP contribution in [0.3, 0.4) is 0 Å². The van der Waals surface area contributed by atoms with Gasteiger partial charge in [-0.3, -0.25) is 4.79 Å². The number of aromatic nitrogens is 1. The van der Waals surface area contributed by atoms with Gasteiger partial charge in [-0.1, -0.05) is 19.1 Å². The van der Waals surface area contributed by atoms with Crippen LogP contribution in [0, 0.1) is 31.0 Å². The Kier molecular flexibility index (Phi) is 7.74. The third-order valence-electron chi connectivity index (χ3n) is 5.04. The molecular weight excluding hydrogens is 367 g/mol. The van der Waals surface area contributed by atoms with Gasteiger partial charge in [-0.15, -0.1) is 0 Å². The Balaban J connectivity index is 2.18. The molecule has 0 aliphatic rings. The number of amides is 1. The van der Waals surface area contributed by atoms with Gasteiger partial charge >= 0.3 is 0 Å². The van der Waals surface area contributed by atoms with E-state index in [1.807, 2.05) is 51.0 Å². The van der Waals surface area contributed by atoms with Gasteiger partial charge in [0.2, 0.25) is 0 Å². The van der Waals surface area contributed by atoms with Crippen LogP contribution in [0.15, 0.2) is 35.9 Å². The highest BCUT2D eigenvalue weighted by atomic mass is 19.1. The van der Waals surface area contributed by atoms with E-state index in [4.69, 9.17) is 0 Å². The molecule has 154 valence electrons. The standard InChI is InChI=1S/C23H29FN4O/c1-6-10-28-16(2)11-19(17(28)3)12-20(14-25)23(29)26-15-22(27(4)5)18-8-7-9-21(24)13-18/h7-9,11-13,22H,6,10,15H2,1-5H3,(H,26,29)/b20-12-. The average Bonchev–Trinajstić information content (AvgIpc) is 2.93. The van der Waals surface area contributed by atoms with Crippen molar-refractivity contribution in [3.8, 4) is 6.07 Å². The number of rotatable bonds is 8. The van der Waals surface area contributed by atoms with Gasteiger partial charge < -0.3 is 14.8 Å². The van der Waals surface area contributed by atoms with Crippen LogP contribution >= 0.6 is 0 Å². The summed E-state index contributed by atoms with van der Waals surface area (Å²) in [6, 6.07) is 10.1. The van der Waals surface area contributed by atoms with Crippen molar-refractivity contribution in [2.24, 2.45) is 0 Å². The first-order valence-corrected chi connectivity index (χ1v) is 9.77. The topological polar surface area (TPSA) is 61.1 Å². The number of hydrogen-bond donors (Lipinski definition) is 1. The van der Waals surface area contributed by atoms with Crippen molar-refractivity contribution in [1.29, 1.82) is 5.26 Å². The number of carbonyl (C=O) groups is 1.